The second-order valence-electron chi connectivity index (χ2n) is 2.99. The van der Waals surface area contributed by atoms with Crippen LogP contribution >= 0.6 is 0 Å². The zero-order chi connectivity index (χ0) is 12.6. The molecule has 0 aliphatic carbocycles. The Kier molecular flexibility index (Phi) is 7.90. The number of hydrogen-bond acceptors (Lipinski definition) is 7. The van der Waals surface area contributed by atoms with Crippen molar-refractivity contribution in [1.82, 2.24) is 0 Å². The highest BCUT2D eigenvalue weighted by molar-refractivity contribution is 5.84. The van der Waals surface area contributed by atoms with Gasteiger partial charge in [-0.3, -0.25) is 4.79 Å². The number of aliphatic hydroxyl groups is 4. The largest absolute Gasteiger partial charge is 0.394 e. The maximum Gasteiger partial charge on any atom is 0.192 e. The summed E-state index contributed by atoms with van der Waals surface area (Å²) in [6.07, 6.45) is -3.80. The highest BCUT2D eigenvalue weighted by atomic mass is 17.2. The molecule has 0 aliphatic rings. The Morgan fingerprint density at radius 3 is 2.44 bits per heavy atom. The van der Waals surface area contributed by atoms with Crippen molar-refractivity contribution in [3.63, 3.8) is 0 Å². The van der Waals surface area contributed by atoms with Crippen LogP contribution in [0.25, 0.3) is 0 Å². The van der Waals surface area contributed by atoms with E-state index < -0.39 is 37.3 Å². The summed E-state index contributed by atoms with van der Waals surface area (Å²) >= 11 is 0. The Morgan fingerprint density at radius 2 is 1.94 bits per heavy atom. The second-order valence-corrected chi connectivity index (χ2v) is 2.99. The van der Waals surface area contributed by atoms with E-state index in [1.165, 1.54) is 6.08 Å². The van der Waals surface area contributed by atoms with Crippen molar-refractivity contribution < 1.29 is 35.0 Å². The lowest BCUT2D eigenvalue weighted by atomic mass is 10.1. The standard InChI is InChI=1S/C9H16O7/c1-2-3-15-16-5-7(12)9(14)8(13)6(11)4-10/h2,6,8-11,13-14H,1,3-5H2/t6-,8-,9-/m1/s1. The van der Waals surface area contributed by atoms with Gasteiger partial charge in [-0.05, 0) is 0 Å². The molecule has 0 aromatic heterocycles. The zero-order valence-corrected chi connectivity index (χ0v) is 8.65. The molecule has 7 nitrogen and oxygen atoms in total. The van der Waals surface area contributed by atoms with E-state index in [9.17, 15) is 9.90 Å². The van der Waals surface area contributed by atoms with Crippen LogP contribution in [0.1, 0.15) is 0 Å². The van der Waals surface area contributed by atoms with Gasteiger partial charge >= 0.3 is 0 Å². The first-order valence-electron chi connectivity index (χ1n) is 4.57. The molecular weight excluding hydrogens is 220 g/mol. The summed E-state index contributed by atoms with van der Waals surface area (Å²) in [5.74, 6) is -0.871. The normalized spacial score (nSPS) is 16.5. The Labute approximate surface area is 92.5 Å². The van der Waals surface area contributed by atoms with Crippen LogP contribution in [0, 0.1) is 0 Å². The van der Waals surface area contributed by atoms with Gasteiger partial charge in [0.1, 0.15) is 31.5 Å². The quantitative estimate of drug-likeness (QED) is 0.155. The minimum Gasteiger partial charge on any atom is -0.394 e. The van der Waals surface area contributed by atoms with Crippen LogP contribution in [-0.2, 0) is 14.6 Å². The number of hydrogen-bond donors (Lipinski definition) is 4. The summed E-state index contributed by atoms with van der Waals surface area (Å²) in [6.45, 7) is 2.07. The van der Waals surface area contributed by atoms with Crippen molar-refractivity contribution in [3.8, 4) is 0 Å². The van der Waals surface area contributed by atoms with Crippen LogP contribution in [0.5, 0.6) is 0 Å². The monoisotopic (exact) mass is 236 g/mol. The molecule has 0 saturated carbocycles. The third kappa shape index (κ3) is 5.31. The predicted molar refractivity (Wildman–Crippen MR) is 52.2 cm³/mol. The minimum atomic E-state index is -1.84. The fraction of sp³-hybridized carbons (Fsp3) is 0.667. The van der Waals surface area contributed by atoms with Crippen LogP contribution in [0.2, 0.25) is 0 Å². The van der Waals surface area contributed by atoms with E-state index in [-0.39, 0.29) is 6.61 Å². The van der Waals surface area contributed by atoms with Gasteiger partial charge in [-0.2, -0.15) is 0 Å². The molecule has 0 unspecified atom stereocenters. The molecular formula is C9H16O7. The van der Waals surface area contributed by atoms with Crippen molar-refractivity contribution in [2.75, 3.05) is 19.8 Å². The van der Waals surface area contributed by atoms with Gasteiger partial charge in [-0.25, -0.2) is 9.78 Å². The summed E-state index contributed by atoms with van der Waals surface area (Å²) in [6, 6.07) is 0. The summed E-state index contributed by atoms with van der Waals surface area (Å²) in [7, 11) is 0. The highest BCUT2D eigenvalue weighted by Crippen LogP contribution is 2.01. The molecule has 4 N–H and O–H groups in total. The second kappa shape index (κ2) is 8.34. The molecule has 0 bridgehead atoms. The minimum absolute atomic E-state index is 0.0746. The van der Waals surface area contributed by atoms with Gasteiger partial charge in [0, 0.05) is 0 Å². The summed E-state index contributed by atoms with van der Waals surface area (Å²) in [5.41, 5.74) is 0. The van der Waals surface area contributed by atoms with Crippen LogP contribution in [-0.4, -0.2) is 64.3 Å². The van der Waals surface area contributed by atoms with Crippen molar-refractivity contribution >= 4 is 5.78 Å². The van der Waals surface area contributed by atoms with Crippen LogP contribution in [0.4, 0.5) is 0 Å². The number of ketones is 1. The average Bonchev–Trinajstić information content (AvgIpc) is 2.31. The van der Waals surface area contributed by atoms with E-state index in [1.807, 2.05) is 0 Å². The molecule has 0 amide bonds. The fourth-order valence-corrected chi connectivity index (χ4v) is 0.790. The third-order valence-corrected chi connectivity index (χ3v) is 1.71. The van der Waals surface area contributed by atoms with Gasteiger partial charge in [0.15, 0.2) is 5.78 Å². The molecule has 0 aliphatic heterocycles. The molecule has 0 aromatic carbocycles. The molecule has 3 atom stereocenters. The van der Waals surface area contributed by atoms with Gasteiger partial charge in [0.25, 0.3) is 0 Å². The SMILES string of the molecule is C=CCOOCC(=O)[C@@H](O)[C@H](O)[C@H](O)CO. The first kappa shape index (κ1) is 15.2. The molecule has 0 radical (unpaired) electrons. The maximum atomic E-state index is 11.1. The smallest absolute Gasteiger partial charge is 0.192 e. The Balaban J connectivity index is 3.93. The van der Waals surface area contributed by atoms with E-state index in [0.717, 1.165) is 0 Å². The van der Waals surface area contributed by atoms with Crippen molar-refractivity contribution in [3.05, 3.63) is 12.7 Å². The Bertz CT molecular complexity index is 218. The third-order valence-electron chi connectivity index (χ3n) is 1.71. The number of aliphatic hydroxyl groups excluding tert-OH is 4. The topological polar surface area (TPSA) is 116 Å². The number of rotatable bonds is 9. The van der Waals surface area contributed by atoms with Gasteiger partial charge in [-0.1, -0.05) is 6.08 Å². The van der Waals surface area contributed by atoms with Crippen molar-refractivity contribution in [2.45, 2.75) is 18.3 Å². The molecule has 0 rings (SSSR count). The molecule has 0 fully saturated rings. The van der Waals surface area contributed by atoms with Crippen LogP contribution in [0.15, 0.2) is 12.7 Å². The first-order chi connectivity index (χ1) is 7.54. The summed E-state index contributed by atoms with van der Waals surface area (Å²) < 4.78 is 0. The molecule has 0 spiro atoms. The lowest BCUT2D eigenvalue weighted by Crippen LogP contribution is -2.45. The lowest BCUT2D eigenvalue weighted by molar-refractivity contribution is -0.282. The Morgan fingerprint density at radius 1 is 1.31 bits per heavy atom. The predicted octanol–water partition coefficient (Wildman–Crippen LogP) is -2.24. The molecule has 0 heterocycles. The van der Waals surface area contributed by atoms with Crippen LogP contribution < -0.4 is 0 Å². The molecule has 7 heteroatoms. The van der Waals surface area contributed by atoms with Crippen LogP contribution in [0.3, 0.4) is 0 Å². The number of carbonyl (C=O) groups excluding carboxylic acids is 1. The molecule has 94 valence electrons. The van der Waals surface area contributed by atoms with Gasteiger partial charge in [0.2, 0.25) is 0 Å². The molecule has 16 heavy (non-hydrogen) atoms. The van der Waals surface area contributed by atoms with E-state index in [0.29, 0.717) is 0 Å². The highest BCUT2D eigenvalue weighted by Gasteiger charge is 2.29. The van der Waals surface area contributed by atoms with E-state index in [1.54, 1.807) is 0 Å². The number of carbonyl (C=O) groups is 1. The molecule has 0 aromatic rings. The van der Waals surface area contributed by atoms with Gasteiger partial charge < -0.3 is 20.4 Å². The summed E-state index contributed by atoms with van der Waals surface area (Å²) in [4.78, 5) is 19.9. The Hall–Kier alpha value is -0.830. The average molecular weight is 236 g/mol. The fourth-order valence-electron chi connectivity index (χ4n) is 0.790. The van der Waals surface area contributed by atoms with Gasteiger partial charge in [0.05, 0.1) is 6.61 Å². The van der Waals surface area contributed by atoms with Crippen molar-refractivity contribution in [2.24, 2.45) is 0 Å². The van der Waals surface area contributed by atoms with Crippen molar-refractivity contribution in [1.29, 1.82) is 0 Å². The summed E-state index contributed by atoms with van der Waals surface area (Å²) in [5, 5.41) is 35.8. The maximum absolute atomic E-state index is 11.1. The lowest BCUT2D eigenvalue weighted by Gasteiger charge is -2.19. The van der Waals surface area contributed by atoms with E-state index >= 15 is 0 Å². The first-order valence-corrected chi connectivity index (χ1v) is 4.57. The molecule has 0 saturated heterocycles. The van der Waals surface area contributed by atoms with Gasteiger partial charge in [-0.15, -0.1) is 6.58 Å². The number of Topliss-reactive ketones (excluding diaryl/α,β-unsaturated/α-hetero) is 1. The van der Waals surface area contributed by atoms with E-state index in [2.05, 4.69) is 16.4 Å². The zero-order valence-electron chi connectivity index (χ0n) is 8.65. The van der Waals surface area contributed by atoms with E-state index in [4.69, 9.17) is 15.3 Å².